The van der Waals surface area contributed by atoms with E-state index in [4.69, 9.17) is 15.6 Å². The average molecular weight is 499 g/mol. The summed E-state index contributed by atoms with van der Waals surface area (Å²) in [5, 5.41) is 5.54. The van der Waals surface area contributed by atoms with Crippen LogP contribution in [0.3, 0.4) is 0 Å². The molecule has 0 spiro atoms. The molecule has 10 heteroatoms. The van der Waals surface area contributed by atoms with Crippen LogP contribution in [0.15, 0.2) is 59.9 Å². The van der Waals surface area contributed by atoms with Crippen molar-refractivity contribution in [3.8, 4) is 11.3 Å². The molecular weight excluding hydrogens is 468 g/mol. The van der Waals surface area contributed by atoms with Gasteiger partial charge in [-0.3, -0.25) is 9.69 Å². The zero-order chi connectivity index (χ0) is 25.5. The van der Waals surface area contributed by atoms with Gasteiger partial charge in [0.05, 0.1) is 36.0 Å². The Hall–Kier alpha value is -4.02. The number of nitrogens with zero attached hydrogens (tertiary/aromatic N) is 7. The number of nitrogens with two attached hydrogens (primary N) is 1. The number of pyridine rings is 2. The molecule has 1 fully saturated rings. The number of hydrogen-bond donors (Lipinski definition) is 1. The maximum atomic E-state index is 13.2. The van der Waals surface area contributed by atoms with Crippen LogP contribution >= 0.6 is 0 Å². The van der Waals surface area contributed by atoms with Gasteiger partial charge in [-0.15, -0.1) is 0 Å². The summed E-state index contributed by atoms with van der Waals surface area (Å²) in [5.74, 6) is 0.420. The lowest BCUT2D eigenvalue weighted by atomic mass is 10.0. The van der Waals surface area contributed by atoms with E-state index in [-0.39, 0.29) is 11.6 Å². The predicted molar refractivity (Wildman–Crippen MR) is 143 cm³/mol. The first-order valence-corrected chi connectivity index (χ1v) is 12.6. The molecule has 2 N–H and O–H groups in total. The van der Waals surface area contributed by atoms with E-state index < -0.39 is 0 Å². The molecule has 5 aromatic heterocycles. The van der Waals surface area contributed by atoms with Crippen molar-refractivity contribution in [2.75, 3.05) is 38.6 Å². The molecule has 0 aliphatic carbocycles. The lowest BCUT2D eigenvalue weighted by molar-refractivity contribution is 0.0363. The molecule has 6 rings (SSSR count). The van der Waals surface area contributed by atoms with Crippen molar-refractivity contribution in [2.24, 2.45) is 0 Å². The summed E-state index contributed by atoms with van der Waals surface area (Å²) in [6, 6.07) is 11.8. The molecule has 190 valence electrons. The lowest BCUT2D eigenvalue weighted by Gasteiger charge is -2.26. The fraction of sp³-hybridized carbons (Fsp3) is 0.333. The topological polar surface area (TPSA) is 108 Å². The van der Waals surface area contributed by atoms with Gasteiger partial charge in [0, 0.05) is 61.3 Å². The minimum atomic E-state index is -0.163. The molecule has 0 amide bonds. The molecule has 10 nitrogen and oxygen atoms in total. The van der Waals surface area contributed by atoms with E-state index in [0.29, 0.717) is 18.0 Å². The van der Waals surface area contributed by atoms with Crippen LogP contribution in [0.4, 0.5) is 5.82 Å². The lowest BCUT2D eigenvalue weighted by Crippen LogP contribution is -2.39. The Balaban J connectivity index is 1.40. The molecule has 37 heavy (non-hydrogen) atoms. The van der Waals surface area contributed by atoms with Crippen LogP contribution in [0.1, 0.15) is 24.2 Å². The minimum absolute atomic E-state index is 0.0175. The van der Waals surface area contributed by atoms with Crippen molar-refractivity contribution < 1.29 is 4.74 Å². The van der Waals surface area contributed by atoms with Crippen molar-refractivity contribution in [2.45, 2.75) is 26.4 Å². The molecule has 6 heterocycles. The van der Waals surface area contributed by atoms with Crippen LogP contribution in [0, 0.1) is 6.92 Å². The van der Waals surface area contributed by atoms with Crippen LogP contribution in [-0.2, 0) is 11.3 Å². The summed E-state index contributed by atoms with van der Waals surface area (Å²) >= 11 is 0. The van der Waals surface area contributed by atoms with E-state index in [0.717, 1.165) is 66.3 Å². The molecule has 1 atom stereocenters. The second-order valence-corrected chi connectivity index (χ2v) is 9.51. The first-order valence-electron chi connectivity index (χ1n) is 12.6. The summed E-state index contributed by atoms with van der Waals surface area (Å²) in [4.78, 5) is 24.1. The maximum Gasteiger partial charge on any atom is 0.251 e. The molecule has 5 aromatic rings. The number of nitrogen functional groups attached to an aromatic ring is 1. The molecule has 0 radical (unpaired) electrons. The highest BCUT2D eigenvalue weighted by atomic mass is 16.5. The number of fused-ring (bicyclic) bond motifs is 2. The highest BCUT2D eigenvalue weighted by Crippen LogP contribution is 2.35. The third-order valence-electron chi connectivity index (χ3n) is 7.25. The van der Waals surface area contributed by atoms with Gasteiger partial charge < -0.3 is 19.4 Å². The summed E-state index contributed by atoms with van der Waals surface area (Å²) in [5.41, 5.74) is 11.5. The summed E-state index contributed by atoms with van der Waals surface area (Å²) in [6.07, 6.45) is 5.39. The first kappa shape index (κ1) is 23.4. The van der Waals surface area contributed by atoms with Crippen molar-refractivity contribution in [1.82, 2.24) is 33.6 Å². The molecular formula is C27H30N8O2. The Bertz CT molecular complexity index is 1640. The second-order valence-electron chi connectivity index (χ2n) is 9.51. The molecule has 1 aliphatic rings. The van der Waals surface area contributed by atoms with Gasteiger partial charge in [0.25, 0.3) is 5.56 Å². The van der Waals surface area contributed by atoms with Crippen LogP contribution < -0.4 is 11.3 Å². The van der Waals surface area contributed by atoms with Gasteiger partial charge in [0.1, 0.15) is 12.1 Å². The normalized spacial score (nSPS) is 15.5. The molecule has 1 aliphatic heterocycles. The van der Waals surface area contributed by atoms with Gasteiger partial charge in [0.2, 0.25) is 0 Å². The van der Waals surface area contributed by atoms with E-state index in [1.807, 2.05) is 42.2 Å². The van der Waals surface area contributed by atoms with Gasteiger partial charge in [-0.2, -0.15) is 5.10 Å². The Kier molecular flexibility index (Phi) is 5.97. The van der Waals surface area contributed by atoms with Gasteiger partial charge in [0.15, 0.2) is 5.65 Å². The van der Waals surface area contributed by atoms with Crippen LogP contribution in [0.5, 0.6) is 0 Å². The van der Waals surface area contributed by atoms with Crippen LogP contribution in [-0.4, -0.2) is 66.5 Å². The van der Waals surface area contributed by atoms with Crippen molar-refractivity contribution in [3.05, 3.63) is 76.7 Å². The molecule has 0 bridgehead atoms. The zero-order valence-corrected chi connectivity index (χ0v) is 21.0. The number of aromatic nitrogens is 6. The average Bonchev–Trinajstić information content (AvgIpc) is 3.47. The zero-order valence-electron chi connectivity index (χ0n) is 21.0. The largest absolute Gasteiger partial charge is 0.383 e. The van der Waals surface area contributed by atoms with Gasteiger partial charge in [-0.25, -0.2) is 14.6 Å². The quantitative estimate of drug-likeness (QED) is 0.383. The smallest absolute Gasteiger partial charge is 0.251 e. The van der Waals surface area contributed by atoms with Gasteiger partial charge >= 0.3 is 0 Å². The Morgan fingerprint density at radius 2 is 1.92 bits per heavy atom. The van der Waals surface area contributed by atoms with E-state index in [1.54, 1.807) is 10.6 Å². The SMILES string of the molecule is Cc1nn(C(C)c2cc3ccccn3c2-c2ccn(CCN3CCOCC3)c(=O)c2)c2ncnc(N)c12. The van der Waals surface area contributed by atoms with E-state index in [2.05, 4.69) is 38.3 Å². The summed E-state index contributed by atoms with van der Waals surface area (Å²) < 4.78 is 11.2. The number of ether oxygens (including phenoxy) is 1. The Morgan fingerprint density at radius 3 is 2.73 bits per heavy atom. The fourth-order valence-electron chi connectivity index (χ4n) is 5.25. The number of morpholine rings is 1. The third-order valence-corrected chi connectivity index (χ3v) is 7.25. The van der Waals surface area contributed by atoms with E-state index in [9.17, 15) is 4.79 Å². The standard InChI is InChI=1S/C27H30N8O2/c1-18-24-26(28)29-17-30-27(24)35(31-18)19(2)22-16-21-5-3-4-7-34(21)25(22)20-6-8-33(23(36)15-20)10-9-32-11-13-37-14-12-32/h3-8,15-17,19H,9-14H2,1-2H3,(H2,28,29,30). The number of aryl methyl sites for hydroxylation is 1. The van der Waals surface area contributed by atoms with Crippen LogP contribution in [0.2, 0.25) is 0 Å². The Labute approximate surface area is 213 Å². The monoisotopic (exact) mass is 498 g/mol. The number of hydrogen-bond acceptors (Lipinski definition) is 7. The molecule has 0 saturated carbocycles. The van der Waals surface area contributed by atoms with Crippen molar-refractivity contribution in [3.63, 3.8) is 0 Å². The van der Waals surface area contributed by atoms with Crippen LogP contribution in [0.25, 0.3) is 27.8 Å². The van der Waals surface area contributed by atoms with Crippen molar-refractivity contribution >= 4 is 22.4 Å². The second kappa shape index (κ2) is 9.45. The first-order chi connectivity index (χ1) is 18.0. The van der Waals surface area contributed by atoms with E-state index in [1.165, 1.54) is 6.33 Å². The summed E-state index contributed by atoms with van der Waals surface area (Å²) in [7, 11) is 0. The summed E-state index contributed by atoms with van der Waals surface area (Å²) in [6.45, 7) is 8.79. The number of anilines is 1. The Morgan fingerprint density at radius 1 is 1.08 bits per heavy atom. The highest BCUT2D eigenvalue weighted by Gasteiger charge is 2.23. The third kappa shape index (κ3) is 4.17. The minimum Gasteiger partial charge on any atom is -0.383 e. The predicted octanol–water partition coefficient (Wildman–Crippen LogP) is 2.74. The molecule has 1 unspecified atom stereocenters. The number of rotatable bonds is 6. The molecule has 0 aromatic carbocycles. The highest BCUT2D eigenvalue weighted by molar-refractivity contribution is 5.88. The molecule has 1 saturated heterocycles. The maximum absolute atomic E-state index is 13.2. The van der Waals surface area contributed by atoms with Crippen molar-refractivity contribution in [1.29, 1.82) is 0 Å². The van der Waals surface area contributed by atoms with Gasteiger partial charge in [-0.05, 0) is 38.1 Å². The fourth-order valence-corrected chi connectivity index (χ4v) is 5.25. The van der Waals surface area contributed by atoms with Gasteiger partial charge in [-0.1, -0.05) is 6.07 Å². The van der Waals surface area contributed by atoms with E-state index >= 15 is 0 Å².